The summed E-state index contributed by atoms with van der Waals surface area (Å²) in [6.45, 7) is 5.41. The summed E-state index contributed by atoms with van der Waals surface area (Å²) in [5, 5.41) is 10.3. The van der Waals surface area contributed by atoms with Crippen LogP contribution < -0.4 is 9.30 Å². The summed E-state index contributed by atoms with van der Waals surface area (Å²) < 4.78 is 9.66. The number of aromatic nitrogens is 2. The highest BCUT2D eigenvalue weighted by Crippen LogP contribution is 2.67. The lowest BCUT2D eigenvalue weighted by molar-refractivity contribution is -0.682. The molecule has 6 rings (SSSR count). The zero-order chi connectivity index (χ0) is 25.1. The Balaban J connectivity index is 1.18. The molecule has 1 N–H and O–H groups in total. The molecular weight excluding hydrogens is 448 g/mol. The highest BCUT2D eigenvalue weighted by atomic mass is 16.5. The molecule has 2 aromatic rings. The summed E-state index contributed by atoms with van der Waals surface area (Å²) in [5.74, 6) is 3.16. The molecule has 0 radical (unpaired) electrons. The molecule has 7 atom stereocenters. The molecule has 0 unspecified atom stereocenters. The van der Waals surface area contributed by atoms with Crippen molar-refractivity contribution in [2.75, 3.05) is 7.11 Å². The quantitative estimate of drug-likeness (QED) is 0.341. The van der Waals surface area contributed by atoms with E-state index >= 15 is 0 Å². The molecule has 1 heterocycles. The van der Waals surface area contributed by atoms with Crippen LogP contribution in [-0.4, -0.2) is 28.7 Å². The van der Waals surface area contributed by atoms with Crippen LogP contribution in [0.15, 0.2) is 54.6 Å². The number of nitrogens with zero attached hydrogens (tertiary/aromatic N) is 2. The van der Waals surface area contributed by atoms with Crippen LogP contribution in [0, 0.1) is 28.6 Å². The molecule has 4 aliphatic carbocycles. The second-order valence-corrected chi connectivity index (χ2v) is 12.5. The van der Waals surface area contributed by atoms with Crippen molar-refractivity contribution in [1.29, 1.82) is 0 Å². The maximum atomic E-state index is 12.9. The number of methoxy groups -OCH3 is 1. The third-order valence-corrected chi connectivity index (χ3v) is 10.8. The second kappa shape index (κ2) is 8.86. The van der Waals surface area contributed by atoms with Gasteiger partial charge in [-0.1, -0.05) is 25.5 Å². The van der Waals surface area contributed by atoms with Gasteiger partial charge < -0.3 is 9.84 Å². The molecule has 1 aromatic carbocycles. The summed E-state index contributed by atoms with van der Waals surface area (Å²) >= 11 is 0. The van der Waals surface area contributed by atoms with E-state index in [1.165, 1.54) is 32.1 Å². The summed E-state index contributed by atoms with van der Waals surface area (Å²) in [6, 6.07) is 7.87. The molecule has 36 heavy (non-hydrogen) atoms. The Labute approximate surface area is 215 Å². The fraction of sp³-hybridized carbons (Fsp3) is 0.613. The van der Waals surface area contributed by atoms with Gasteiger partial charge in [0.1, 0.15) is 24.2 Å². The van der Waals surface area contributed by atoms with Gasteiger partial charge in [0.05, 0.1) is 13.2 Å². The van der Waals surface area contributed by atoms with E-state index in [1.807, 2.05) is 28.8 Å². The first-order valence-corrected chi connectivity index (χ1v) is 13.9. The predicted molar refractivity (Wildman–Crippen MR) is 139 cm³/mol. The number of hydrogen-bond acceptors (Lipinski definition) is 3. The van der Waals surface area contributed by atoms with Gasteiger partial charge in [-0.25, -0.2) is 9.13 Å². The molecular formula is C31H41N2O3+. The van der Waals surface area contributed by atoms with Crippen molar-refractivity contribution in [3.05, 3.63) is 60.2 Å². The van der Waals surface area contributed by atoms with Crippen LogP contribution in [-0.2, 0) is 6.54 Å². The van der Waals surface area contributed by atoms with Crippen molar-refractivity contribution in [3.8, 4) is 5.75 Å². The number of aliphatic hydroxyl groups is 1. The largest absolute Gasteiger partial charge is 0.497 e. The van der Waals surface area contributed by atoms with Crippen molar-refractivity contribution >= 4 is 5.78 Å². The van der Waals surface area contributed by atoms with Gasteiger partial charge in [0.25, 0.3) is 0 Å². The van der Waals surface area contributed by atoms with E-state index in [1.54, 1.807) is 12.7 Å². The lowest BCUT2D eigenvalue weighted by atomic mass is 9.48. The van der Waals surface area contributed by atoms with Crippen LogP contribution >= 0.6 is 0 Å². The maximum Gasteiger partial charge on any atom is 0.244 e. The molecule has 0 spiro atoms. The van der Waals surface area contributed by atoms with Gasteiger partial charge >= 0.3 is 0 Å². The van der Waals surface area contributed by atoms with Crippen LogP contribution in [0.4, 0.5) is 0 Å². The second-order valence-electron chi connectivity index (χ2n) is 12.5. The number of hydrogen-bond donors (Lipinski definition) is 1. The van der Waals surface area contributed by atoms with E-state index in [0.29, 0.717) is 23.4 Å². The maximum absolute atomic E-state index is 12.9. The fourth-order valence-corrected chi connectivity index (χ4v) is 8.83. The minimum atomic E-state index is -0.136. The monoisotopic (exact) mass is 489 g/mol. The molecule has 0 amide bonds. The van der Waals surface area contributed by atoms with Gasteiger partial charge in [-0.05, 0) is 98.8 Å². The first-order valence-electron chi connectivity index (χ1n) is 13.9. The van der Waals surface area contributed by atoms with Crippen molar-refractivity contribution in [2.45, 2.75) is 83.9 Å². The number of Topliss-reactive ketones (excluding diaryl/α,β-unsaturated/α-hetero) is 1. The Morgan fingerprint density at radius 3 is 2.69 bits per heavy atom. The first kappa shape index (κ1) is 24.0. The lowest BCUT2D eigenvalue weighted by Gasteiger charge is -2.57. The van der Waals surface area contributed by atoms with E-state index in [2.05, 4.69) is 43.2 Å². The van der Waals surface area contributed by atoms with E-state index in [4.69, 9.17) is 4.74 Å². The Morgan fingerprint density at radius 2 is 1.92 bits per heavy atom. The smallest absolute Gasteiger partial charge is 0.244 e. The summed E-state index contributed by atoms with van der Waals surface area (Å²) in [4.78, 5) is 12.9. The average molecular weight is 490 g/mol. The summed E-state index contributed by atoms with van der Waals surface area (Å²) in [5.41, 5.74) is 2.86. The Kier molecular flexibility index (Phi) is 5.90. The molecule has 4 aliphatic rings. The molecule has 192 valence electrons. The minimum absolute atomic E-state index is 0.118. The number of ketones is 1. The zero-order valence-electron chi connectivity index (χ0n) is 22.0. The lowest BCUT2D eigenvalue weighted by Crippen LogP contribution is -2.50. The molecule has 5 nitrogen and oxygen atoms in total. The van der Waals surface area contributed by atoms with Gasteiger partial charge in [-0.3, -0.25) is 4.79 Å². The van der Waals surface area contributed by atoms with Gasteiger partial charge in [0.2, 0.25) is 12.1 Å². The normalized spacial score (nSPS) is 37.4. The summed E-state index contributed by atoms with van der Waals surface area (Å²) in [6.07, 6.45) is 18.1. The summed E-state index contributed by atoms with van der Waals surface area (Å²) in [7, 11) is 1.64. The third-order valence-electron chi connectivity index (χ3n) is 10.8. The number of aliphatic hydroxyl groups excluding tert-OH is 1. The van der Waals surface area contributed by atoms with Crippen LogP contribution in [0.3, 0.4) is 0 Å². The van der Waals surface area contributed by atoms with Crippen LogP contribution in [0.25, 0.3) is 0 Å². The predicted octanol–water partition coefficient (Wildman–Crippen LogP) is 5.53. The number of carbonyl (C=O) groups is 1. The van der Waals surface area contributed by atoms with E-state index in [-0.39, 0.29) is 11.9 Å². The topological polar surface area (TPSA) is 55.3 Å². The standard InChI is InChI=1S/C31H41N2O3/c1-30-14-12-23(34)18-22(30)6-9-25-26-10-11-29(31(26,2)15-13-27(25)30)33-17-16-32(20-33)19-28(35)21-4-7-24(36-3)8-5-21/h4-8,16-17,20,23,25-27,29,34H,9-15,18-19H2,1-3H3/q+1/t23-,25-,26-,27-,29-,30-,31-/m0/s1. The molecule has 0 saturated heterocycles. The van der Waals surface area contributed by atoms with Crippen LogP contribution in [0.1, 0.15) is 81.6 Å². The van der Waals surface area contributed by atoms with Gasteiger partial charge in [-0.2, -0.15) is 0 Å². The zero-order valence-corrected chi connectivity index (χ0v) is 22.0. The van der Waals surface area contributed by atoms with Crippen molar-refractivity contribution in [2.24, 2.45) is 28.6 Å². The van der Waals surface area contributed by atoms with Crippen molar-refractivity contribution in [3.63, 3.8) is 0 Å². The molecule has 0 bridgehead atoms. The van der Waals surface area contributed by atoms with Crippen molar-refractivity contribution < 1.29 is 19.2 Å². The van der Waals surface area contributed by atoms with Crippen LogP contribution in [0.5, 0.6) is 5.75 Å². The molecule has 3 fully saturated rings. The van der Waals surface area contributed by atoms with Crippen LogP contribution in [0.2, 0.25) is 0 Å². The highest BCUT2D eigenvalue weighted by molar-refractivity contribution is 5.95. The van der Waals surface area contributed by atoms with Crippen molar-refractivity contribution in [1.82, 2.24) is 4.57 Å². The molecule has 3 saturated carbocycles. The molecule has 0 aliphatic heterocycles. The first-order chi connectivity index (χ1) is 17.3. The SMILES string of the molecule is COc1ccc(C(=O)C[n+]2ccn([C@H]3CC[C@H]4[C@@H]5CC=C6C[C@@H](O)CC[C@]6(C)[C@H]5CC[C@]34C)c2)cc1. The number of rotatable bonds is 5. The fourth-order valence-electron chi connectivity index (χ4n) is 8.83. The Hall–Kier alpha value is -2.40. The number of fused-ring (bicyclic) bond motifs is 5. The van der Waals surface area contributed by atoms with Gasteiger partial charge in [0, 0.05) is 11.0 Å². The Morgan fingerprint density at radius 1 is 1.11 bits per heavy atom. The number of allylic oxidation sites excluding steroid dienone is 1. The minimum Gasteiger partial charge on any atom is -0.497 e. The number of ether oxygens (including phenoxy) is 1. The van der Waals surface area contributed by atoms with E-state index < -0.39 is 0 Å². The molecule has 5 heteroatoms. The Bertz CT molecular complexity index is 1170. The average Bonchev–Trinajstić information content (AvgIpc) is 3.48. The third kappa shape index (κ3) is 3.77. The van der Waals surface area contributed by atoms with Gasteiger partial charge in [-0.15, -0.1) is 0 Å². The highest BCUT2D eigenvalue weighted by Gasteiger charge is 2.60. The number of carbonyl (C=O) groups excluding carboxylic acids is 1. The van der Waals surface area contributed by atoms with E-state index in [9.17, 15) is 9.90 Å². The number of imidazole rings is 1. The van der Waals surface area contributed by atoms with Gasteiger partial charge in [0.15, 0.2) is 6.54 Å². The van der Waals surface area contributed by atoms with E-state index in [0.717, 1.165) is 48.3 Å². The number of benzene rings is 1. The molecule has 1 aromatic heterocycles.